The summed E-state index contributed by atoms with van der Waals surface area (Å²) in [5.74, 6) is 0.790. The second-order valence-electron chi connectivity index (χ2n) is 4.79. The number of ether oxygens (including phenoxy) is 1. The molecule has 20 heavy (non-hydrogen) atoms. The Morgan fingerprint density at radius 3 is 2.60 bits per heavy atom. The van der Waals surface area contributed by atoms with Gasteiger partial charge in [0.2, 0.25) is 0 Å². The molecular formula is C14H23BrCl2N2O. The highest BCUT2D eigenvalue weighted by molar-refractivity contribution is 9.10. The molecule has 1 rings (SSSR count). The van der Waals surface area contributed by atoms with Crippen molar-refractivity contribution in [3.8, 4) is 5.75 Å². The first-order valence-electron chi connectivity index (χ1n) is 6.44. The van der Waals surface area contributed by atoms with E-state index < -0.39 is 0 Å². The van der Waals surface area contributed by atoms with E-state index in [1.807, 2.05) is 19.1 Å². The minimum atomic E-state index is 0. The first kappa shape index (κ1) is 20.0. The maximum Gasteiger partial charge on any atom is 0.140 e. The van der Waals surface area contributed by atoms with Gasteiger partial charge in [-0.15, -0.1) is 12.4 Å². The van der Waals surface area contributed by atoms with Crippen LogP contribution in [0.4, 0.5) is 0 Å². The van der Waals surface area contributed by atoms with Gasteiger partial charge in [0.25, 0.3) is 0 Å². The summed E-state index contributed by atoms with van der Waals surface area (Å²) in [6, 6.07) is 3.87. The molecule has 0 saturated heterocycles. The fourth-order valence-electron chi connectivity index (χ4n) is 1.67. The molecule has 116 valence electrons. The number of nitrogens with one attached hydrogen (secondary N) is 1. The number of benzene rings is 1. The van der Waals surface area contributed by atoms with Crippen molar-refractivity contribution in [2.24, 2.45) is 0 Å². The van der Waals surface area contributed by atoms with E-state index in [2.05, 4.69) is 40.2 Å². The zero-order valence-corrected chi connectivity index (χ0v) is 15.4. The third kappa shape index (κ3) is 7.70. The Morgan fingerprint density at radius 1 is 1.30 bits per heavy atom. The molecule has 0 amide bonds. The van der Waals surface area contributed by atoms with Crippen molar-refractivity contribution < 1.29 is 4.74 Å². The van der Waals surface area contributed by atoms with Gasteiger partial charge in [0.15, 0.2) is 0 Å². The van der Waals surface area contributed by atoms with Crippen LogP contribution in [0, 0.1) is 6.92 Å². The number of likely N-dealkylation sites (N-methyl/N-ethyl adjacent to an activating group) is 1. The van der Waals surface area contributed by atoms with Crippen molar-refractivity contribution >= 4 is 39.9 Å². The van der Waals surface area contributed by atoms with Gasteiger partial charge in [0, 0.05) is 17.6 Å². The molecule has 3 nitrogen and oxygen atoms in total. The topological polar surface area (TPSA) is 24.5 Å². The molecule has 0 aliphatic carbocycles. The molecule has 0 radical (unpaired) electrons. The van der Waals surface area contributed by atoms with Crippen molar-refractivity contribution in [1.82, 2.24) is 10.2 Å². The van der Waals surface area contributed by atoms with Gasteiger partial charge in [-0.25, -0.2) is 0 Å². The van der Waals surface area contributed by atoms with Gasteiger partial charge in [0.1, 0.15) is 5.75 Å². The van der Waals surface area contributed by atoms with E-state index in [0.717, 1.165) is 41.8 Å². The Labute approximate surface area is 141 Å². The summed E-state index contributed by atoms with van der Waals surface area (Å²) in [5, 5.41) is 4.04. The molecule has 6 heteroatoms. The van der Waals surface area contributed by atoms with Crippen LogP contribution in [0.2, 0.25) is 5.02 Å². The lowest BCUT2D eigenvalue weighted by Gasteiger charge is -2.12. The fraction of sp³-hybridized carbons (Fsp3) is 0.571. The summed E-state index contributed by atoms with van der Waals surface area (Å²) in [4.78, 5) is 2.16. The van der Waals surface area contributed by atoms with Crippen molar-refractivity contribution in [1.29, 1.82) is 0 Å². The van der Waals surface area contributed by atoms with Gasteiger partial charge in [-0.3, -0.25) is 0 Å². The monoisotopic (exact) mass is 384 g/mol. The van der Waals surface area contributed by atoms with Gasteiger partial charge >= 0.3 is 0 Å². The molecule has 0 saturated carbocycles. The summed E-state index contributed by atoms with van der Waals surface area (Å²) < 4.78 is 6.73. The Morgan fingerprint density at radius 2 is 2.00 bits per heavy atom. The standard InChI is InChI=1S/C14H22BrClN2O.ClH/c1-11-9-12(15)10-13(16)14(11)19-8-4-5-17-6-7-18(2)3;/h9-10,17H,4-8H2,1-3H3;1H. The van der Waals surface area contributed by atoms with Crippen molar-refractivity contribution in [2.75, 3.05) is 40.3 Å². The van der Waals surface area contributed by atoms with Crippen LogP contribution in [-0.4, -0.2) is 45.2 Å². The maximum absolute atomic E-state index is 6.16. The van der Waals surface area contributed by atoms with E-state index >= 15 is 0 Å². The predicted octanol–water partition coefficient (Wildman–Crippen LogP) is 3.75. The molecule has 1 N–H and O–H groups in total. The summed E-state index contributed by atoms with van der Waals surface area (Å²) in [5.41, 5.74) is 1.06. The van der Waals surface area contributed by atoms with Crippen LogP contribution in [0.1, 0.15) is 12.0 Å². The van der Waals surface area contributed by atoms with Gasteiger partial charge in [-0.2, -0.15) is 0 Å². The first-order chi connectivity index (χ1) is 9.00. The van der Waals surface area contributed by atoms with Crippen LogP contribution in [0.3, 0.4) is 0 Å². The fourth-order valence-corrected chi connectivity index (χ4v) is 2.70. The van der Waals surface area contributed by atoms with Crippen molar-refractivity contribution in [3.05, 3.63) is 27.2 Å². The molecular weight excluding hydrogens is 363 g/mol. The lowest BCUT2D eigenvalue weighted by Crippen LogP contribution is -2.27. The highest BCUT2D eigenvalue weighted by Crippen LogP contribution is 2.31. The van der Waals surface area contributed by atoms with Gasteiger partial charge in [0.05, 0.1) is 11.6 Å². The minimum Gasteiger partial charge on any atom is -0.492 e. The number of aryl methyl sites for hydroxylation is 1. The Bertz CT molecular complexity index is 380. The van der Waals surface area contributed by atoms with Gasteiger partial charge in [-0.1, -0.05) is 27.5 Å². The van der Waals surface area contributed by atoms with Crippen LogP contribution >= 0.6 is 39.9 Å². The minimum absolute atomic E-state index is 0. The number of hydrogen-bond acceptors (Lipinski definition) is 3. The molecule has 1 aromatic carbocycles. The zero-order valence-electron chi connectivity index (χ0n) is 12.2. The summed E-state index contributed by atoms with van der Waals surface area (Å²) in [6.07, 6.45) is 0.971. The van der Waals surface area contributed by atoms with Crippen LogP contribution in [0.25, 0.3) is 0 Å². The lowest BCUT2D eigenvalue weighted by atomic mass is 10.2. The highest BCUT2D eigenvalue weighted by atomic mass is 79.9. The predicted molar refractivity (Wildman–Crippen MR) is 92.7 cm³/mol. The zero-order chi connectivity index (χ0) is 14.3. The van der Waals surface area contributed by atoms with E-state index in [1.165, 1.54) is 0 Å². The van der Waals surface area contributed by atoms with Crippen LogP contribution in [0.5, 0.6) is 5.75 Å². The van der Waals surface area contributed by atoms with Crippen LogP contribution < -0.4 is 10.1 Å². The van der Waals surface area contributed by atoms with Crippen molar-refractivity contribution in [3.63, 3.8) is 0 Å². The number of hydrogen-bond donors (Lipinski definition) is 1. The SMILES string of the molecule is Cc1cc(Br)cc(Cl)c1OCCCNCCN(C)C.Cl. The quantitative estimate of drug-likeness (QED) is 0.689. The van der Waals surface area contributed by atoms with Crippen molar-refractivity contribution in [2.45, 2.75) is 13.3 Å². The molecule has 0 aliphatic rings. The summed E-state index contributed by atoms with van der Waals surface area (Å²) >= 11 is 9.57. The molecule has 0 unspecified atom stereocenters. The van der Waals surface area contributed by atoms with E-state index in [4.69, 9.17) is 16.3 Å². The molecule has 1 aromatic rings. The summed E-state index contributed by atoms with van der Waals surface area (Å²) in [7, 11) is 4.15. The Balaban J connectivity index is 0.00000361. The van der Waals surface area contributed by atoms with Gasteiger partial charge in [-0.05, 0) is 51.7 Å². The second kappa shape index (κ2) is 10.7. The van der Waals surface area contributed by atoms with Crippen LogP contribution in [0.15, 0.2) is 16.6 Å². The largest absolute Gasteiger partial charge is 0.492 e. The molecule has 0 spiro atoms. The maximum atomic E-state index is 6.16. The van der Waals surface area contributed by atoms with Crippen LogP contribution in [-0.2, 0) is 0 Å². The number of halogens is 3. The Kier molecular flexibility index (Phi) is 10.7. The smallest absolute Gasteiger partial charge is 0.140 e. The van der Waals surface area contributed by atoms with Gasteiger partial charge < -0.3 is 15.0 Å². The second-order valence-corrected chi connectivity index (χ2v) is 6.11. The normalized spacial score (nSPS) is 10.5. The molecule has 0 aliphatic heterocycles. The first-order valence-corrected chi connectivity index (χ1v) is 7.61. The number of nitrogens with zero attached hydrogens (tertiary/aromatic N) is 1. The lowest BCUT2D eigenvalue weighted by molar-refractivity contribution is 0.304. The van der Waals surface area contributed by atoms with E-state index in [0.29, 0.717) is 11.6 Å². The Hall–Kier alpha value is -0.0000000000000000555. The van der Waals surface area contributed by atoms with E-state index in [9.17, 15) is 0 Å². The average Bonchev–Trinajstić information content (AvgIpc) is 2.30. The molecule has 0 aromatic heterocycles. The third-order valence-corrected chi connectivity index (χ3v) is 3.41. The average molecular weight is 386 g/mol. The number of rotatable bonds is 8. The third-order valence-electron chi connectivity index (χ3n) is 2.67. The van der Waals surface area contributed by atoms with E-state index in [1.54, 1.807) is 0 Å². The van der Waals surface area contributed by atoms with E-state index in [-0.39, 0.29) is 12.4 Å². The highest BCUT2D eigenvalue weighted by Gasteiger charge is 2.06. The molecule has 0 heterocycles. The molecule has 0 fully saturated rings. The molecule has 0 atom stereocenters. The molecule has 0 bridgehead atoms. The summed E-state index contributed by atoms with van der Waals surface area (Å²) in [6.45, 7) is 5.70.